The Labute approximate surface area is 86.2 Å². The van der Waals surface area contributed by atoms with E-state index in [4.69, 9.17) is 17.4 Å². The van der Waals surface area contributed by atoms with Gasteiger partial charge < -0.3 is 17.4 Å². The highest BCUT2D eigenvalue weighted by atomic mass is 28.4. The fourth-order valence-electron chi connectivity index (χ4n) is 0.884. The summed E-state index contributed by atoms with van der Waals surface area (Å²) >= 11 is 0. The summed E-state index contributed by atoms with van der Waals surface area (Å²) in [6.45, 7) is 2.01. The molecule has 7 heteroatoms. The first-order valence-corrected chi connectivity index (χ1v) is 8.41. The van der Waals surface area contributed by atoms with Gasteiger partial charge in [0.25, 0.3) is 0 Å². The molecule has 0 unspecified atom stereocenters. The molecule has 0 fully saturated rings. The molecule has 4 nitrogen and oxygen atoms in total. The predicted molar refractivity (Wildman–Crippen MR) is 54.9 cm³/mol. The zero-order valence-electron chi connectivity index (χ0n) is 8.55. The van der Waals surface area contributed by atoms with Crippen LogP contribution in [-0.4, -0.2) is 49.7 Å². The lowest BCUT2D eigenvalue weighted by atomic mass is 11.0. The summed E-state index contributed by atoms with van der Waals surface area (Å²) in [6, 6.07) is 1.77. The third-order valence-corrected chi connectivity index (χ3v) is 6.72. The van der Waals surface area contributed by atoms with Crippen LogP contribution in [0.25, 0.3) is 0 Å². The van der Waals surface area contributed by atoms with E-state index in [1.54, 1.807) is 21.3 Å². The van der Waals surface area contributed by atoms with Crippen LogP contribution in [0.5, 0.6) is 0 Å². The molecule has 0 spiro atoms. The van der Waals surface area contributed by atoms with Crippen LogP contribution in [0.2, 0.25) is 18.6 Å². The Kier molecular flexibility index (Phi) is 8.15. The van der Waals surface area contributed by atoms with Gasteiger partial charge in [-0.05, 0) is 12.6 Å². The smallest absolute Gasteiger partial charge is 0.457 e. The molecule has 0 aromatic heterocycles. The van der Waals surface area contributed by atoms with Crippen molar-refractivity contribution in [3.8, 4) is 0 Å². The van der Waals surface area contributed by atoms with Crippen molar-refractivity contribution in [2.24, 2.45) is 0 Å². The molecule has 0 aromatic rings. The van der Waals surface area contributed by atoms with Crippen LogP contribution in [0.15, 0.2) is 0 Å². The highest BCUT2D eigenvalue weighted by Gasteiger charge is 2.36. The van der Waals surface area contributed by atoms with Crippen molar-refractivity contribution in [3.63, 3.8) is 0 Å². The lowest BCUT2D eigenvalue weighted by Gasteiger charge is -2.23. The Hall–Kier alpha value is 0.491. The van der Waals surface area contributed by atoms with Gasteiger partial charge in [-0.3, -0.25) is 0 Å². The third-order valence-electron chi connectivity index (χ3n) is 1.64. The minimum absolute atomic E-state index is 0.522. The summed E-state index contributed by atoms with van der Waals surface area (Å²) in [4.78, 5) is 0. The van der Waals surface area contributed by atoms with Gasteiger partial charge in [-0.1, -0.05) is 0 Å². The second-order valence-electron chi connectivity index (χ2n) is 2.25. The van der Waals surface area contributed by atoms with E-state index in [1.165, 1.54) is 0 Å². The molecule has 4 radical (unpaired) electrons. The first-order valence-electron chi connectivity index (χ1n) is 3.95. The molecule has 0 aliphatic rings. The molecule has 0 bridgehead atoms. The molecule has 0 rings (SSSR count). The maximum absolute atomic E-state index is 5.27. The van der Waals surface area contributed by atoms with Gasteiger partial charge in [0.1, 0.15) is 0 Å². The second-order valence-corrected chi connectivity index (χ2v) is 7.35. The molecular weight excluding hydrogens is 220 g/mol. The summed E-state index contributed by atoms with van der Waals surface area (Å²) < 4.78 is 21.1. The normalized spacial score (nSPS) is 12.0. The van der Waals surface area contributed by atoms with Crippen LogP contribution in [0.4, 0.5) is 0 Å². The van der Waals surface area contributed by atoms with Gasteiger partial charge in [0, 0.05) is 27.4 Å². The van der Waals surface area contributed by atoms with Gasteiger partial charge in [0.05, 0.1) is 0 Å². The molecule has 0 aliphatic carbocycles. The average Bonchev–Trinajstić information content (AvgIpc) is 2.20. The van der Waals surface area contributed by atoms with Gasteiger partial charge in [0.15, 0.2) is 0 Å². The van der Waals surface area contributed by atoms with Gasteiger partial charge in [-0.15, -0.1) is 0 Å². The van der Waals surface area contributed by atoms with Crippen molar-refractivity contribution in [2.75, 3.05) is 21.3 Å². The van der Waals surface area contributed by atoms with Crippen LogP contribution in [0.3, 0.4) is 0 Å². The molecule has 76 valence electrons. The zero-order valence-corrected chi connectivity index (χ0v) is 11.5. The van der Waals surface area contributed by atoms with Gasteiger partial charge in [-0.25, -0.2) is 0 Å². The van der Waals surface area contributed by atoms with Gasteiger partial charge in [-0.2, -0.15) is 0 Å². The van der Waals surface area contributed by atoms with Crippen LogP contribution < -0.4 is 0 Å². The minimum Gasteiger partial charge on any atom is -0.457 e. The van der Waals surface area contributed by atoms with Crippen LogP contribution in [0, 0.1) is 0 Å². The lowest BCUT2D eigenvalue weighted by molar-refractivity contribution is 0.125. The molecule has 0 atom stereocenters. The molecule has 0 heterocycles. The fraction of sp³-hybridized carbons (Fsp3) is 1.00. The number of rotatable bonds is 8. The maximum atomic E-state index is 5.27. The summed E-state index contributed by atoms with van der Waals surface area (Å²) in [5.41, 5.74) is 0. The Morgan fingerprint density at radius 3 is 2.00 bits per heavy atom. The minimum atomic E-state index is -2.34. The Bertz CT molecular complexity index is 112. The van der Waals surface area contributed by atoms with E-state index in [-0.39, 0.29) is 0 Å². The van der Waals surface area contributed by atoms with Crippen molar-refractivity contribution in [3.05, 3.63) is 0 Å². The van der Waals surface area contributed by atoms with Crippen molar-refractivity contribution < 1.29 is 17.4 Å². The van der Waals surface area contributed by atoms with Crippen molar-refractivity contribution in [1.29, 1.82) is 0 Å². The molecule has 0 aliphatic heterocycles. The van der Waals surface area contributed by atoms with Crippen LogP contribution in [0.1, 0.15) is 0 Å². The SMILES string of the molecule is CO[Si](CC[Si]O[Si]C)(OC)OC. The number of hydrogen-bond acceptors (Lipinski definition) is 4. The Balaban J connectivity index is 3.68. The Morgan fingerprint density at radius 2 is 1.62 bits per heavy atom. The first-order chi connectivity index (χ1) is 6.24. The topological polar surface area (TPSA) is 36.9 Å². The summed E-state index contributed by atoms with van der Waals surface area (Å²) in [6.07, 6.45) is 0. The van der Waals surface area contributed by atoms with E-state index in [0.29, 0.717) is 19.5 Å². The molecule has 0 amide bonds. The van der Waals surface area contributed by atoms with E-state index in [2.05, 4.69) is 0 Å². The number of hydrogen-bond donors (Lipinski definition) is 0. The molecule has 0 aromatic carbocycles. The predicted octanol–water partition coefficient (Wildman–Crippen LogP) is 0.586. The van der Waals surface area contributed by atoms with E-state index >= 15 is 0 Å². The summed E-state index contributed by atoms with van der Waals surface area (Å²) in [7, 11) is 3.63. The standard InChI is InChI=1S/C6H16O4Si3/c1-7-13(8-2,9-3)6-5-12-10-11-4/h5-6H2,1-4H3. The van der Waals surface area contributed by atoms with Gasteiger partial charge in [0.2, 0.25) is 19.5 Å². The van der Waals surface area contributed by atoms with E-state index in [0.717, 1.165) is 12.1 Å². The monoisotopic (exact) mass is 236 g/mol. The lowest BCUT2D eigenvalue weighted by Crippen LogP contribution is -2.42. The third kappa shape index (κ3) is 5.05. The van der Waals surface area contributed by atoms with Crippen molar-refractivity contribution in [2.45, 2.75) is 18.6 Å². The Morgan fingerprint density at radius 1 is 1.08 bits per heavy atom. The summed E-state index contributed by atoms with van der Waals surface area (Å²) in [5, 5.41) is 0. The summed E-state index contributed by atoms with van der Waals surface area (Å²) in [5.74, 6) is 0. The van der Waals surface area contributed by atoms with E-state index < -0.39 is 8.80 Å². The highest BCUT2D eigenvalue weighted by molar-refractivity contribution is 6.61. The molecule has 0 saturated heterocycles. The molecule has 0 saturated carbocycles. The molecule has 13 heavy (non-hydrogen) atoms. The van der Waals surface area contributed by atoms with Crippen molar-refractivity contribution >= 4 is 28.3 Å². The van der Waals surface area contributed by atoms with Crippen LogP contribution >= 0.6 is 0 Å². The first kappa shape index (κ1) is 13.5. The highest BCUT2D eigenvalue weighted by Crippen LogP contribution is 2.14. The molecular formula is C6H16O4Si3. The van der Waals surface area contributed by atoms with Gasteiger partial charge >= 0.3 is 8.80 Å². The van der Waals surface area contributed by atoms with E-state index in [9.17, 15) is 0 Å². The van der Waals surface area contributed by atoms with Crippen molar-refractivity contribution in [1.82, 2.24) is 0 Å². The van der Waals surface area contributed by atoms with Crippen LogP contribution in [-0.2, 0) is 17.4 Å². The van der Waals surface area contributed by atoms with E-state index in [1.807, 2.05) is 6.55 Å². The second kappa shape index (κ2) is 7.85. The molecule has 0 N–H and O–H groups in total. The largest absolute Gasteiger partial charge is 0.499 e. The maximum Gasteiger partial charge on any atom is 0.499 e. The fourth-order valence-corrected chi connectivity index (χ4v) is 4.61. The quantitative estimate of drug-likeness (QED) is 0.456. The average molecular weight is 236 g/mol. The zero-order chi connectivity index (χ0) is 10.2.